The zero-order valence-electron chi connectivity index (χ0n) is 20.5. The van der Waals surface area contributed by atoms with E-state index in [0.29, 0.717) is 0 Å². The van der Waals surface area contributed by atoms with E-state index in [-0.39, 0.29) is 0 Å². The van der Waals surface area contributed by atoms with Crippen LogP contribution in [0.15, 0.2) is 133 Å². The molecule has 0 aliphatic rings. The molecule has 4 heteroatoms. The summed E-state index contributed by atoms with van der Waals surface area (Å²) < 4.78 is 2.37. The average Bonchev–Trinajstić information content (AvgIpc) is 3.57. The van der Waals surface area contributed by atoms with Gasteiger partial charge >= 0.3 is 0 Å². The quantitative estimate of drug-likeness (QED) is 0.252. The second-order valence-electron chi connectivity index (χ2n) is 9.61. The molecule has 8 rings (SSSR count). The first-order valence-electron chi connectivity index (χ1n) is 12.8. The third-order valence-electron chi connectivity index (χ3n) is 7.37. The summed E-state index contributed by atoms with van der Waals surface area (Å²) in [6.45, 7) is 0. The standard InChI is InChI=1S/C34H22N4/c1-3-10-26(11-4-1)37-32-19-17-24(21-29(32)34-28-14-8-7-9-23(28)16-20-33(34)37)25-15-18-30-31(22-25)36-38(35-30)27-12-5-2-6-13-27/h1-22H. The molecule has 0 N–H and O–H groups in total. The van der Waals surface area contributed by atoms with Crippen LogP contribution in [-0.4, -0.2) is 19.6 Å². The van der Waals surface area contributed by atoms with Crippen LogP contribution in [0, 0.1) is 0 Å². The molecule has 4 nitrogen and oxygen atoms in total. The van der Waals surface area contributed by atoms with Gasteiger partial charge in [0.2, 0.25) is 0 Å². The summed E-state index contributed by atoms with van der Waals surface area (Å²) in [6, 6.07) is 46.9. The molecular weight excluding hydrogens is 464 g/mol. The molecule has 0 saturated carbocycles. The molecule has 2 heterocycles. The van der Waals surface area contributed by atoms with Crippen molar-refractivity contribution in [3.63, 3.8) is 0 Å². The molecule has 0 unspecified atom stereocenters. The summed E-state index contributed by atoms with van der Waals surface area (Å²) in [4.78, 5) is 1.71. The van der Waals surface area contributed by atoms with Gasteiger partial charge in [0.1, 0.15) is 11.0 Å². The van der Waals surface area contributed by atoms with Crippen LogP contribution in [-0.2, 0) is 0 Å². The zero-order valence-corrected chi connectivity index (χ0v) is 20.5. The van der Waals surface area contributed by atoms with Crippen LogP contribution in [0.3, 0.4) is 0 Å². The van der Waals surface area contributed by atoms with Gasteiger partial charge in [-0.05, 0) is 76.5 Å². The van der Waals surface area contributed by atoms with Gasteiger partial charge < -0.3 is 4.57 Å². The molecule has 0 atom stereocenters. The van der Waals surface area contributed by atoms with Gasteiger partial charge in [-0.1, -0.05) is 78.9 Å². The van der Waals surface area contributed by atoms with Crippen molar-refractivity contribution in [2.75, 3.05) is 0 Å². The van der Waals surface area contributed by atoms with Gasteiger partial charge in [-0.3, -0.25) is 0 Å². The van der Waals surface area contributed by atoms with Crippen LogP contribution in [0.25, 0.3) is 66.1 Å². The van der Waals surface area contributed by atoms with Crippen molar-refractivity contribution >= 4 is 43.6 Å². The Morgan fingerprint density at radius 1 is 0.447 bits per heavy atom. The topological polar surface area (TPSA) is 35.6 Å². The number of rotatable bonds is 3. The van der Waals surface area contributed by atoms with Crippen molar-refractivity contribution in [1.29, 1.82) is 0 Å². The third kappa shape index (κ3) is 3.17. The summed E-state index contributed by atoms with van der Waals surface area (Å²) in [6.07, 6.45) is 0. The maximum absolute atomic E-state index is 4.77. The lowest BCUT2D eigenvalue weighted by atomic mass is 10.00. The van der Waals surface area contributed by atoms with Crippen molar-refractivity contribution in [2.24, 2.45) is 0 Å². The molecule has 6 aromatic carbocycles. The second kappa shape index (κ2) is 8.15. The number of benzene rings is 6. The second-order valence-corrected chi connectivity index (χ2v) is 9.61. The molecule has 2 aromatic heterocycles. The van der Waals surface area contributed by atoms with Gasteiger partial charge in [-0.15, -0.1) is 10.2 Å². The fraction of sp³-hybridized carbons (Fsp3) is 0. The molecule has 0 fully saturated rings. The van der Waals surface area contributed by atoms with Gasteiger partial charge in [0.25, 0.3) is 0 Å². The summed E-state index contributed by atoms with van der Waals surface area (Å²) in [7, 11) is 0. The number of fused-ring (bicyclic) bond motifs is 6. The van der Waals surface area contributed by atoms with Gasteiger partial charge in [0.05, 0.1) is 16.7 Å². The first kappa shape index (κ1) is 20.9. The fourth-order valence-corrected chi connectivity index (χ4v) is 5.60. The highest BCUT2D eigenvalue weighted by Gasteiger charge is 2.16. The van der Waals surface area contributed by atoms with E-state index in [9.17, 15) is 0 Å². The minimum atomic E-state index is 0.878. The van der Waals surface area contributed by atoms with Gasteiger partial charge in [-0.2, -0.15) is 4.80 Å². The predicted molar refractivity (Wildman–Crippen MR) is 156 cm³/mol. The molecule has 0 radical (unpaired) electrons. The Balaban J connectivity index is 1.36. The highest BCUT2D eigenvalue weighted by molar-refractivity contribution is 6.21. The summed E-state index contributed by atoms with van der Waals surface area (Å²) in [5.41, 5.74) is 8.57. The minimum absolute atomic E-state index is 0.878. The number of hydrogen-bond acceptors (Lipinski definition) is 2. The maximum atomic E-state index is 4.77. The summed E-state index contributed by atoms with van der Waals surface area (Å²) in [5.74, 6) is 0. The van der Waals surface area contributed by atoms with E-state index < -0.39 is 0 Å². The number of nitrogens with zero attached hydrogens (tertiary/aromatic N) is 4. The fourth-order valence-electron chi connectivity index (χ4n) is 5.60. The number of hydrogen-bond donors (Lipinski definition) is 0. The summed E-state index contributed by atoms with van der Waals surface area (Å²) in [5, 5.41) is 14.5. The van der Waals surface area contributed by atoms with Crippen LogP contribution < -0.4 is 0 Å². The van der Waals surface area contributed by atoms with Crippen molar-refractivity contribution in [3.05, 3.63) is 133 Å². The van der Waals surface area contributed by atoms with E-state index in [1.54, 1.807) is 4.80 Å². The summed E-state index contributed by atoms with van der Waals surface area (Å²) >= 11 is 0. The van der Waals surface area contributed by atoms with E-state index in [1.807, 2.05) is 30.3 Å². The Labute approximate surface area is 219 Å². The first-order valence-corrected chi connectivity index (χ1v) is 12.8. The lowest BCUT2D eigenvalue weighted by Crippen LogP contribution is -1.97. The molecule has 0 amide bonds. The Kier molecular flexibility index (Phi) is 4.49. The van der Waals surface area contributed by atoms with E-state index in [2.05, 4.69) is 113 Å². The van der Waals surface area contributed by atoms with Gasteiger partial charge in [0, 0.05) is 16.5 Å². The van der Waals surface area contributed by atoms with E-state index >= 15 is 0 Å². The molecule has 0 aliphatic carbocycles. The SMILES string of the molecule is c1ccc(-n2nc3ccc(-c4ccc5c(c4)c4c6ccccc6ccc4n5-c4ccccc4)cc3n2)cc1. The van der Waals surface area contributed by atoms with E-state index in [0.717, 1.165) is 33.5 Å². The first-order chi connectivity index (χ1) is 18.8. The van der Waals surface area contributed by atoms with Crippen LogP contribution in [0.4, 0.5) is 0 Å². The highest BCUT2D eigenvalue weighted by Crippen LogP contribution is 2.38. The molecule has 8 aromatic rings. The van der Waals surface area contributed by atoms with Crippen LogP contribution in [0.1, 0.15) is 0 Å². The molecule has 38 heavy (non-hydrogen) atoms. The molecule has 0 aliphatic heterocycles. The lowest BCUT2D eigenvalue weighted by molar-refractivity contribution is 0.766. The normalized spacial score (nSPS) is 11.7. The van der Waals surface area contributed by atoms with Gasteiger partial charge in [-0.25, -0.2) is 0 Å². The van der Waals surface area contributed by atoms with Crippen molar-refractivity contribution in [3.8, 4) is 22.5 Å². The monoisotopic (exact) mass is 486 g/mol. The Bertz CT molecular complexity index is 2120. The number of para-hydroxylation sites is 2. The third-order valence-corrected chi connectivity index (χ3v) is 7.37. The largest absolute Gasteiger partial charge is 0.309 e. The minimum Gasteiger partial charge on any atom is -0.309 e. The van der Waals surface area contributed by atoms with Crippen LogP contribution in [0.5, 0.6) is 0 Å². The van der Waals surface area contributed by atoms with Gasteiger partial charge in [0.15, 0.2) is 0 Å². The smallest absolute Gasteiger partial charge is 0.114 e. The van der Waals surface area contributed by atoms with E-state index in [1.165, 1.54) is 32.6 Å². The molecule has 0 bridgehead atoms. The number of aromatic nitrogens is 4. The Morgan fingerprint density at radius 3 is 1.95 bits per heavy atom. The average molecular weight is 487 g/mol. The molecule has 0 saturated heterocycles. The molecule has 178 valence electrons. The van der Waals surface area contributed by atoms with Crippen LogP contribution >= 0.6 is 0 Å². The Morgan fingerprint density at radius 2 is 1.11 bits per heavy atom. The van der Waals surface area contributed by atoms with E-state index in [4.69, 9.17) is 5.10 Å². The highest BCUT2D eigenvalue weighted by atomic mass is 15.5. The van der Waals surface area contributed by atoms with Crippen molar-refractivity contribution < 1.29 is 0 Å². The Hall–Kier alpha value is -5.22. The predicted octanol–water partition coefficient (Wildman–Crippen LogP) is 8.34. The lowest BCUT2D eigenvalue weighted by Gasteiger charge is -2.08. The molecular formula is C34H22N4. The molecule has 0 spiro atoms. The van der Waals surface area contributed by atoms with Crippen LogP contribution in [0.2, 0.25) is 0 Å². The van der Waals surface area contributed by atoms with Crippen molar-refractivity contribution in [2.45, 2.75) is 0 Å². The maximum Gasteiger partial charge on any atom is 0.114 e. The zero-order chi connectivity index (χ0) is 25.1. The van der Waals surface area contributed by atoms with Crippen molar-refractivity contribution in [1.82, 2.24) is 19.6 Å².